The van der Waals surface area contributed by atoms with E-state index in [9.17, 15) is 22.4 Å². The fourth-order valence-corrected chi connectivity index (χ4v) is 1.43. The number of rotatable bonds is 4. The van der Waals surface area contributed by atoms with E-state index in [4.69, 9.17) is 5.73 Å². The van der Waals surface area contributed by atoms with Crippen molar-refractivity contribution in [2.45, 2.75) is 19.5 Å². The molecule has 0 fully saturated rings. The van der Waals surface area contributed by atoms with Crippen molar-refractivity contribution in [3.05, 3.63) is 29.6 Å². The first-order valence-electron chi connectivity index (χ1n) is 5.63. The molecule has 1 amide bonds. The van der Waals surface area contributed by atoms with Crippen LogP contribution in [-0.2, 0) is 11.0 Å². The highest BCUT2D eigenvalue weighted by Crippen LogP contribution is 2.31. The van der Waals surface area contributed by atoms with Crippen molar-refractivity contribution in [1.82, 2.24) is 0 Å². The van der Waals surface area contributed by atoms with Gasteiger partial charge in [0.25, 0.3) is 0 Å². The predicted octanol–water partition coefficient (Wildman–Crippen LogP) is 2.77. The normalized spacial score (nSPS) is 13.2. The van der Waals surface area contributed by atoms with E-state index >= 15 is 0 Å². The molecule has 3 N–H and O–H groups in total. The molecule has 1 atom stereocenters. The number of hydrogen-bond donors (Lipinski definition) is 2. The molecule has 1 aromatic rings. The van der Waals surface area contributed by atoms with E-state index in [-0.39, 0.29) is 6.54 Å². The molecule has 7 heteroatoms. The lowest BCUT2D eigenvalue weighted by Gasteiger charge is -2.13. The standard InChI is InChI=1S/C12H14F4N2O/c1-7(4-5-17)11(19)18-10-6-8(12(14,15)16)2-3-9(10)13/h2-3,6-7H,4-5,17H2,1H3,(H,18,19). The van der Waals surface area contributed by atoms with Crippen molar-refractivity contribution in [2.24, 2.45) is 11.7 Å². The second-order valence-electron chi connectivity index (χ2n) is 4.16. The summed E-state index contributed by atoms with van der Waals surface area (Å²) in [4.78, 5) is 11.6. The van der Waals surface area contributed by atoms with Gasteiger partial charge in [-0.1, -0.05) is 6.92 Å². The van der Waals surface area contributed by atoms with Gasteiger partial charge in [-0.05, 0) is 31.2 Å². The number of amides is 1. The van der Waals surface area contributed by atoms with Crippen molar-refractivity contribution in [3.8, 4) is 0 Å². The van der Waals surface area contributed by atoms with Crippen LogP contribution in [0, 0.1) is 11.7 Å². The van der Waals surface area contributed by atoms with Crippen molar-refractivity contribution in [3.63, 3.8) is 0 Å². The topological polar surface area (TPSA) is 55.1 Å². The van der Waals surface area contributed by atoms with E-state index in [1.165, 1.54) is 0 Å². The maximum atomic E-state index is 13.4. The van der Waals surface area contributed by atoms with Gasteiger partial charge in [-0.3, -0.25) is 4.79 Å². The number of benzene rings is 1. The van der Waals surface area contributed by atoms with E-state index < -0.39 is 35.1 Å². The molecule has 19 heavy (non-hydrogen) atoms. The molecule has 106 valence electrons. The fourth-order valence-electron chi connectivity index (χ4n) is 1.43. The summed E-state index contributed by atoms with van der Waals surface area (Å²) in [7, 11) is 0. The summed E-state index contributed by atoms with van der Waals surface area (Å²) in [5.41, 5.74) is 3.77. The minimum atomic E-state index is -4.59. The third kappa shape index (κ3) is 4.20. The molecule has 1 aromatic carbocycles. The van der Waals surface area contributed by atoms with Crippen molar-refractivity contribution in [1.29, 1.82) is 0 Å². The van der Waals surface area contributed by atoms with Gasteiger partial charge in [0, 0.05) is 5.92 Å². The largest absolute Gasteiger partial charge is 0.416 e. The molecule has 0 aliphatic heterocycles. The number of carbonyl (C=O) groups is 1. The number of nitrogens with two attached hydrogens (primary N) is 1. The van der Waals surface area contributed by atoms with Crippen molar-refractivity contribution >= 4 is 11.6 Å². The molecule has 3 nitrogen and oxygen atoms in total. The zero-order chi connectivity index (χ0) is 14.6. The smallest absolute Gasteiger partial charge is 0.330 e. The lowest BCUT2D eigenvalue weighted by atomic mass is 10.1. The minimum absolute atomic E-state index is 0.264. The summed E-state index contributed by atoms with van der Waals surface area (Å²) in [5, 5.41) is 2.14. The molecule has 1 rings (SSSR count). The van der Waals surface area contributed by atoms with E-state index in [2.05, 4.69) is 5.32 Å². The van der Waals surface area contributed by atoms with Crippen LogP contribution in [0.3, 0.4) is 0 Å². The first kappa shape index (κ1) is 15.4. The lowest BCUT2D eigenvalue weighted by molar-refractivity contribution is -0.137. The van der Waals surface area contributed by atoms with Crippen LogP contribution >= 0.6 is 0 Å². The van der Waals surface area contributed by atoms with Crippen LogP contribution in [0.25, 0.3) is 0 Å². The third-order valence-electron chi connectivity index (χ3n) is 2.60. The van der Waals surface area contributed by atoms with Gasteiger partial charge in [-0.25, -0.2) is 4.39 Å². The van der Waals surface area contributed by atoms with Gasteiger partial charge in [-0.15, -0.1) is 0 Å². The molecule has 0 spiro atoms. The Morgan fingerprint density at radius 1 is 1.42 bits per heavy atom. The number of hydrogen-bond acceptors (Lipinski definition) is 2. The molecule has 0 heterocycles. The van der Waals surface area contributed by atoms with E-state index in [1.807, 2.05) is 0 Å². The Hall–Kier alpha value is -1.63. The average Bonchev–Trinajstić information content (AvgIpc) is 2.30. The molecule has 0 aliphatic carbocycles. The Labute approximate surface area is 107 Å². The van der Waals surface area contributed by atoms with Crippen LogP contribution in [0.15, 0.2) is 18.2 Å². The summed E-state index contributed by atoms with van der Waals surface area (Å²) in [6.45, 7) is 1.83. The maximum Gasteiger partial charge on any atom is 0.416 e. The summed E-state index contributed by atoms with van der Waals surface area (Å²) in [6.07, 6.45) is -4.22. The Kier molecular flexibility index (Phi) is 4.88. The van der Waals surface area contributed by atoms with Crippen molar-refractivity contribution < 1.29 is 22.4 Å². The number of carbonyl (C=O) groups excluding carboxylic acids is 1. The third-order valence-corrected chi connectivity index (χ3v) is 2.60. The molecule has 0 saturated heterocycles. The highest BCUT2D eigenvalue weighted by atomic mass is 19.4. The Balaban J connectivity index is 2.92. The summed E-state index contributed by atoms with van der Waals surface area (Å²) >= 11 is 0. The van der Waals surface area contributed by atoms with Crippen LogP contribution in [0.5, 0.6) is 0 Å². The average molecular weight is 278 g/mol. The molecule has 0 saturated carbocycles. The molecule has 0 radical (unpaired) electrons. The molecule has 0 aliphatic rings. The Morgan fingerprint density at radius 3 is 2.58 bits per heavy atom. The van der Waals surface area contributed by atoms with Gasteiger partial charge in [0.15, 0.2) is 0 Å². The number of anilines is 1. The second kappa shape index (κ2) is 6.01. The zero-order valence-electron chi connectivity index (χ0n) is 10.2. The maximum absolute atomic E-state index is 13.4. The first-order valence-corrected chi connectivity index (χ1v) is 5.63. The quantitative estimate of drug-likeness (QED) is 0.832. The van der Waals surface area contributed by atoms with Crippen LogP contribution < -0.4 is 11.1 Å². The monoisotopic (exact) mass is 278 g/mol. The van der Waals surface area contributed by atoms with Gasteiger partial charge in [0.2, 0.25) is 5.91 Å². The molecule has 0 bridgehead atoms. The first-order chi connectivity index (χ1) is 8.75. The van der Waals surface area contributed by atoms with Gasteiger partial charge in [0.1, 0.15) is 5.82 Å². The molecule has 0 aromatic heterocycles. The molecular weight excluding hydrogens is 264 g/mol. The second-order valence-corrected chi connectivity index (χ2v) is 4.16. The van der Waals surface area contributed by atoms with E-state index in [0.29, 0.717) is 24.6 Å². The molecule has 1 unspecified atom stereocenters. The number of nitrogens with one attached hydrogen (secondary N) is 1. The SMILES string of the molecule is CC(CCN)C(=O)Nc1cc(C(F)(F)F)ccc1F. The number of halogens is 4. The van der Waals surface area contributed by atoms with E-state index in [1.54, 1.807) is 6.92 Å². The van der Waals surface area contributed by atoms with Gasteiger partial charge < -0.3 is 11.1 Å². The van der Waals surface area contributed by atoms with Crippen LogP contribution in [0.2, 0.25) is 0 Å². The highest BCUT2D eigenvalue weighted by molar-refractivity contribution is 5.92. The van der Waals surface area contributed by atoms with Crippen LogP contribution in [0.1, 0.15) is 18.9 Å². The number of alkyl halides is 3. The summed E-state index contributed by atoms with van der Waals surface area (Å²) < 4.78 is 50.8. The van der Waals surface area contributed by atoms with Crippen molar-refractivity contribution in [2.75, 3.05) is 11.9 Å². The molecular formula is C12H14F4N2O. The fraction of sp³-hybridized carbons (Fsp3) is 0.417. The lowest BCUT2D eigenvalue weighted by Crippen LogP contribution is -2.23. The predicted molar refractivity (Wildman–Crippen MR) is 62.9 cm³/mol. The van der Waals surface area contributed by atoms with E-state index in [0.717, 1.165) is 0 Å². The van der Waals surface area contributed by atoms with Gasteiger partial charge >= 0.3 is 6.18 Å². The Bertz CT molecular complexity index is 460. The summed E-state index contributed by atoms with van der Waals surface area (Å²) in [6, 6.07) is 1.86. The zero-order valence-corrected chi connectivity index (χ0v) is 10.2. The van der Waals surface area contributed by atoms with Gasteiger partial charge in [-0.2, -0.15) is 13.2 Å². The Morgan fingerprint density at radius 2 is 2.05 bits per heavy atom. The minimum Gasteiger partial charge on any atom is -0.330 e. The summed E-state index contributed by atoms with van der Waals surface area (Å²) in [5.74, 6) is -1.98. The van der Waals surface area contributed by atoms with Crippen LogP contribution in [-0.4, -0.2) is 12.5 Å². The van der Waals surface area contributed by atoms with Crippen LogP contribution in [0.4, 0.5) is 23.2 Å². The highest BCUT2D eigenvalue weighted by Gasteiger charge is 2.31. The van der Waals surface area contributed by atoms with Gasteiger partial charge in [0.05, 0.1) is 11.3 Å².